The smallest absolute Gasteiger partial charge is 0.256 e. The van der Waals surface area contributed by atoms with Crippen LogP contribution in [-0.2, 0) is 0 Å². The van der Waals surface area contributed by atoms with Gasteiger partial charge < -0.3 is 0 Å². The predicted molar refractivity (Wildman–Crippen MR) is 55.2 cm³/mol. The summed E-state index contributed by atoms with van der Waals surface area (Å²) in [6, 6.07) is 7.54. The van der Waals surface area contributed by atoms with Gasteiger partial charge in [0, 0.05) is 23.2 Å². The van der Waals surface area contributed by atoms with Crippen LogP contribution in [0.15, 0.2) is 46.2 Å². The van der Waals surface area contributed by atoms with E-state index in [1.54, 1.807) is 12.4 Å². The number of aromatic nitrogens is 3. The van der Waals surface area contributed by atoms with E-state index in [-0.39, 0.29) is 0 Å². The van der Waals surface area contributed by atoms with Crippen molar-refractivity contribution in [2.45, 2.75) is 0 Å². The molecule has 0 spiro atoms. The van der Waals surface area contributed by atoms with Gasteiger partial charge in [0.2, 0.25) is 0 Å². The van der Waals surface area contributed by atoms with Gasteiger partial charge in [0.15, 0.2) is 0 Å². The molecule has 1 N–H and O–H groups in total. The van der Waals surface area contributed by atoms with E-state index in [1.165, 1.54) is 9.03 Å². The molecule has 1 aromatic carbocycles. The molecule has 0 atom stereocenters. The Bertz CT molecular complexity index is 700. The van der Waals surface area contributed by atoms with Gasteiger partial charge in [-0.2, -0.15) is 0 Å². The molecule has 2 heterocycles. The molecular formula is C10H7N3O2. The summed E-state index contributed by atoms with van der Waals surface area (Å²) in [6.07, 6.45) is 3.27. The quantitative estimate of drug-likeness (QED) is 0.566. The summed E-state index contributed by atoms with van der Waals surface area (Å²) >= 11 is 0. The van der Waals surface area contributed by atoms with Crippen molar-refractivity contribution < 1.29 is 0 Å². The monoisotopic (exact) mass is 201 g/mol. The number of benzene rings is 1. The first-order valence-corrected chi connectivity index (χ1v) is 4.48. The SMILES string of the molecule is O=c1[nH]c(=O)n2cc3ccccc3cn12. The summed E-state index contributed by atoms with van der Waals surface area (Å²) in [7, 11) is 0. The molecule has 5 heteroatoms. The van der Waals surface area contributed by atoms with E-state index in [9.17, 15) is 9.59 Å². The molecule has 15 heavy (non-hydrogen) atoms. The van der Waals surface area contributed by atoms with Gasteiger partial charge in [-0.05, 0) is 0 Å². The summed E-state index contributed by atoms with van der Waals surface area (Å²) in [5.74, 6) is 0. The lowest BCUT2D eigenvalue weighted by Gasteiger charge is -1.99. The van der Waals surface area contributed by atoms with Crippen molar-refractivity contribution in [3.63, 3.8) is 0 Å². The van der Waals surface area contributed by atoms with Gasteiger partial charge in [-0.25, -0.2) is 18.6 Å². The fraction of sp³-hybridized carbons (Fsp3) is 0. The van der Waals surface area contributed by atoms with Gasteiger partial charge >= 0.3 is 11.4 Å². The Morgan fingerprint density at radius 3 is 1.80 bits per heavy atom. The van der Waals surface area contributed by atoms with Crippen LogP contribution in [0.5, 0.6) is 0 Å². The Hall–Kier alpha value is -2.30. The average Bonchev–Trinajstić information content (AvgIpc) is 2.52. The van der Waals surface area contributed by atoms with Crippen LogP contribution in [0.25, 0.3) is 10.8 Å². The minimum Gasteiger partial charge on any atom is -0.256 e. The molecule has 3 aromatic rings. The molecule has 0 bridgehead atoms. The van der Waals surface area contributed by atoms with Crippen molar-refractivity contribution >= 4 is 10.8 Å². The fourth-order valence-electron chi connectivity index (χ4n) is 1.65. The molecule has 0 saturated carbocycles. The second kappa shape index (κ2) is 2.60. The van der Waals surface area contributed by atoms with Gasteiger partial charge in [-0.3, -0.25) is 4.98 Å². The Labute approximate surface area is 83.2 Å². The maximum absolute atomic E-state index is 11.3. The van der Waals surface area contributed by atoms with E-state index < -0.39 is 11.4 Å². The Morgan fingerprint density at radius 2 is 1.33 bits per heavy atom. The molecule has 0 aliphatic heterocycles. The van der Waals surface area contributed by atoms with Crippen LogP contribution in [0.2, 0.25) is 0 Å². The number of aromatic amines is 1. The van der Waals surface area contributed by atoms with E-state index in [2.05, 4.69) is 4.98 Å². The topological polar surface area (TPSA) is 58.8 Å². The van der Waals surface area contributed by atoms with Crippen LogP contribution in [-0.4, -0.2) is 14.0 Å². The third kappa shape index (κ3) is 1.03. The number of nitrogens with one attached hydrogen (secondary N) is 1. The second-order valence-corrected chi connectivity index (χ2v) is 3.31. The van der Waals surface area contributed by atoms with Crippen molar-refractivity contribution in [3.05, 3.63) is 57.6 Å². The Kier molecular flexibility index (Phi) is 1.39. The highest BCUT2D eigenvalue weighted by atomic mass is 16.2. The predicted octanol–water partition coefficient (Wildman–Crippen LogP) is 0.240. The molecular weight excluding hydrogens is 194 g/mol. The molecule has 3 rings (SSSR count). The third-order valence-corrected chi connectivity index (χ3v) is 2.38. The molecule has 5 nitrogen and oxygen atoms in total. The lowest BCUT2D eigenvalue weighted by atomic mass is 10.2. The summed E-state index contributed by atoms with van der Waals surface area (Å²) in [5.41, 5.74) is -0.850. The van der Waals surface area contributed by atoms with Crippen LogP contribution < -0.4 is 11.4 Å². The van der Waals surface area contributed by atoms with Gasteiger partial charge in [-0.1, -0.05) is 24.3 Å². The van der Waals surface area contributed by atoms with Crippen molar-refractivity contribution in [2.24, 2.45) is 0 Å². The van der Waals surface area contributed by atoms with Crippen molar-refractivity contribution in [1.29, 1.82) is 0 Å². The average molecular weight is 201 g/mol. The maximum Gasteiger partial charge on any atom is 0.349 e. The maximum atomic E-state index is 11.3. The highest BCUT2D eigenvalue weighted by Crippen LogP contribution is 2.09. The van der Waals surface area contributed by atoms with E-state index in [0.717, 1.165) is 10.8 Å². The van der Waals surface area contributed by atoms with Crippen LogP contribution in [0, 0.1) is 0 Å². The highest BCUT2D eigenvalue weighted by Gasteiger charge is 2.02. The van der Waals surface area contributed by atoms with E-state index in [4.69, 9.17) is 0 Å². The summed E-state index contributed by atoms with van der Waals surface area (Å²) in [4.78, 5) is 24.9. The fourth-order valence-corrected chi connectivity index (χ4v) is 1.65. The number of nitrogens with zero attached hydrogens (tertiary/aromatic N) is 2. The molecule has 0 amide bonds. The number of rotatable bonds is 0. The van der Waals surface area contributed by atoms with Crippen LogP contribution in [0.3, 0.4) is 0 Å². The largest absolute Gasteiger partial charge is 0.349 e. The minimum atomic E-state index is -0.425. The molecule has 0 saturated heterocycles. The zero-order valence-corrected chi connectivity index (χ0v) is 7.68. The van der Waals surface area contributed by atoms with E-state index in [1.807, 2.05) is 24.3 Å². The van der Waals surface area contributed by atoms with Gasteiger partial charge in [0.05, 0.1) is 0 Å². The first-order chi connectivity index (χ1) is 7.25. The Balaban J connectivity index is 2.67. The van der Waals surface area contributed by atoms with Gasteiger partial charge in [-0.15, -0.1) is 0 Å². The highest BCUT2D eigenvalue weighted by molar-refractivity contribution is 5.80. The number of fused-ring (bicyclic) bond motifs is 2. The van der Waals surface area contributed by atoms with Gasteiger partial charge in [0.25, 0.3) is 0 Å². The van der Waals surface area contributed by atoms with Crippen molar-refractivity contribution in [2.75, 3.05) is 0 Å². The van der Waals surface area contributed by atoms with Crippen molar-refractivity contribution in [1.82, 2.24) is 14.0 Å². The van der Waals surface area contributed by atoms with Crippen LogP contribution in [0.4, 0.5) is 0 Å². The zero-order chi connectivity index (χ0) is 10.4. The summed E-state index contributed by atoms with van der Waals surface area (Å²) < 4.78 is 2.51. The molecule has 0 fully saturated rings. The third-order valence-electron chi connectivity index (χ3n) is 2.38. The minimum absolute atomic E-state index is 0.425. The molecule has 74 valence electrons. The lowest BCUT2D eigenvalue weighted by Crippen LogP contribution is -2.13. The molecule has 0 aliphatic carbocycles. The van der Waals surface area contributed by atoms with Crippen LogP contribution >= 0.6 is 0 Å². The van der Waals surface area contributed by atoms with E-state index >= 15 is 0 Å². The number of hydrogen-bond acceptors (Lipinski definition) is 2. The Morgan fingerprint density at radius 1 is 0.867 bits per heavy atom. The molecule has 0 radical (unpaired) electrons. The normalized spacial score (nSPS) is 11.2. The van der Waals surface area contributed by atoms with Crippen molar-refractivity contribution in [3.8, 4) is 0 Å². The zero-order valence-electron chi connectivity index (χ0n) is 7.68. The first kappa shape index (κ1) is 8.05. The summed E-state index contributed by atoms with van der Waals surface area (Å²) in [6.45, 7) is 0. The van der Waals surface area contributed by atoms with Crippen LogP contribution in [0.1, 0.15) is 0 Å². The second-order valence-electron chi connectivity index (χ2n) is 3.31. The van der Waals surface area contributed by atoms with E-state index in [0.29, 0.717) is 0 Å². The standard InChI is InChI=1S/C10H7N3O2/c14-9-11-10(15)13-6-8-4-2-1-3-7(8)5-12(9)13/h1-6H,(H,11,14,15). The molecule has 0 aliphatic rings. The molecule has 0 unspecified atom stereocenters. The number of hydrogen-bond donors (Lipinski definition) is 1. The summed E-state index contributed by atoms with van der Waals surface area (Å²) in [5, 5.41) is 1.83. The number of H-pyrrole nitrogens is 1. The lowest BCUT2D eigenvalue weighted by molar-refractivity contribution is 0.784. The van der Waals surface area contributed by atoms with Gasteiger partial charge in [0.1, 0.15) is 0 Å². The first-order valence-electron chi connectivity index (χ1n) is 4.48. The molecule has 2 aromatic heterocycles.